The number of anilines is 1. The highest BCUT2D eigenvalue weighted by Crippen LogP contribution is 2.28. The van der Waals surface area contributed by atoms with Crippen molar-refractivity contribution < 1.29 is 9.53 Å². The van der Waals surface area contributed by atoms with Crippen LogP contribution in [-0.4, -0.2) is 31.3 Å². The second-order valence-corrected chi connectivity index (χ2v) is 9.79. The second kappa shape index (κ2) is 9.43. The van der Waals surface area contributed by atoms with Crippen LogP contribution in [0.25, 0.3) is 16.9 Å². The molecule has 0 radical (unpaired) electrons. The highest BCUT2D eigenvalue weighted by molar-refractivity contribution is 6.29. The molecule has 3 heterocycles. The zero-order chi connectivity index (χ0) is 24.5. The van der Waals surface area contributed by atoms with Crippen molar-refractivity contribution in [1.82, 2.24) is 19.6 Å². The number of amides is 1. The number of pyridine rings is 1. The van der Waals surface area contributed by atoms with Gasteiger partial charge in [-0.2, -0.15) is 9.61 Å². The molecule has 0 aliphatic rings. The minimum Gasteiger partial charge on any atom is -0.443 e. The lowest BCUT2D eigenvalue weighted by atomic mass is 10.1. The average molecular weight is 478 g/mol. The van der Waals surface area contributed by atoms with E-state index in [1.165, 1.54) is 0 Å². The van der Waals surface area contributed by atoms with Gasteiger partial charge in [0.15, 0.2) is 5.65 Å². The Kier molecular flexibility index (Phi) is 6.57. The summed E-state index contributed by atoms with van der Waals surface area (Å²) in [6, 6.07) is 15.4. The number of benzene rings is 1. The summed E-state index contributed by atoms with van der Waals surface area (Å²) in [7, 11) is 0. The molecule has 8 heteroatoms. The van der Waals surface area contributed by atoms with E-state index in [9.17, 15) is 4.79 Å². The molecule has 1 aromatic carbocycles. The van der Waals surface area contributed by atoms with Crippen molar-refractivity contribution in [2.24, 2.45) is 0 Å². The summed E-state index contributed by atoms with van der Waals surface area (Å²) < 4.78 is 7.38. The maximum Gasteiger partial charge on any atom is 0.416 e. The SMILES string of the molecule is CC(C)c1cnn2c(N(Cc3ccc(-c4ccccn4)cc3)C(=O)OC(C)(C)C)cc(Cl)nc12. The molecule has 1 amide bonds. The summed E-state index contributed by atoms with van der Waals surface area (Å²) in [6.07, 6.45) is 3.04. The predicted octanol–water partition coefficient (Wildman–Crippen LogP) is 6.51. The molecule has 0 saturated heterocycles. The largest absolute Gasteiger partial charge is 0.443 e. The van der Waals surface area contributed by atoms with Gasteiger partial charge in [0.1, 0.15) is 16.6 Å². The molecule has 0 unspecified atom stereocenters. The maximum absolute atomic E-state index is 13.3. The maximum atomic E-state index is 13.3. The minimum absolute atomic E-state index is 0.199. The average Bonchev–Trinajstić information content (AvgIpc) is 3.21. The Morgan fingerprint density at radius 1 is 1.15 bits per heavy atom. The molecule has 0 fully saturated rings. The highest BCUT2D eigenvalue weighted by atomic mass is 35.5. The molecule has 4 rings (SSSR count). The third-order valence-electron chi connectivity index (χ3n) is 5.22. The summed E-state index contributed by atoms with van der Waals surface area (Å²) in [5, 5.41) is 4.80. The van der Waals surface area contributed by atoms with Crippen LogP contribution in [0.3, 0.4) is 0 Å². The first kappa shape index (κ1) is 23.7. The van der Waals surface area contributed by atoms with E-state index in [-0.39, 0.29) is 17.6 Å². The van der Waals surface area contributed by atoms with E-state index in [2.05, 4.69) is 28.9 Å². The fourth-order valence-electron chi connectivity index (χ4n) is 3.59. The van der Waals surface area contributed by atoms with Gasteiger partial charge in [-0.3, -0.25) is 9.88 Å². The Morgan fingerprint density at radius 3 is 2.50 bits per heavy atom. The topological polar surface area (TPSA) is 72.6 Å². The molecule has 0 bridgehead atoms. The Bertz CT molecular complexity index is 1290. The number of hydrogen-bond acceptors (Lipinski definition) is 5. The van der Waals surface area contributed by atoms with Gasteiger partial charge in [0.05, 0.1) is 18.4 Å². The fourth-order valence-corrected chi connectivity index (χ4v) is 3.77. The van der Waals surface area contributed by atoms with Gasteiger partial charge in [-0.25, -0.2) is 9.78 Å². The Labute approximate surface area is 204 Å². The molecular formula is C26H28ClN5O2. The molecule has 4 aromatic rings. The lowest BCUT2D eigenvalue weighted by molar-refractivity contribution is 0.0575. The van der Waals surface area contributed by atoms with Crippen molar-refractivity contribution >= 4 is 29.2 Å². The normalized spacial score (nSPS) is 11.7. The highest BCUT2D eigenvalue weighted by Gasteiger charge is 2.27. The number of rotatable bonds is 5. The monoisotopic (exact) mass is 477 g/mol. The zero-order valence-electron chi connectivity index (χ0n) is 20.0. The van der Waals surface area contributed by atoms with Gasteiger partial charge in [-0.05, 0) is 44.4 Å². The van der Waals surface area contributed by atoms with Gasteiger partial charge in [-0.15, -0.1) is 0 Å². The third kappa shape index (κ3) is 5.20. The van der Waals surface area contributed by atoms with Gasteiger partial charge >= 0.3 is 6.09 Å². The molecule has 34 heavy (non-hydrogen) atoms. The standard InChI is InChI=1S/C26H28ClN5O2/c1-17(2)20-15-29-32-23(14-22(27)30-24(20)32)31(25(33)34-26(3,4)5)16-18-9-11-19(12-10-18)21-8-6-7-13-28-21/h6-15,17H,16H2,1-5H3. The number of halogens is 1. The van der Waals surface area contributed by atoms with Gasteiger partial charge < -0.3 is 4.74 Å². The smallest absolute Gasteiger partial charge is 0.416 e. The van der Waals surface area contributed by atoms with Crippen LogP contribution in [0.1, 0.15) is 51.7 Å². The first-order chi connectivity index (χ1) is 16.1. The number of hydrogen-bond donors (Lipinski definition) is 0. The van der Waals surface area contributed by atoms with Crippen LogP contribution in [0, 0.1) is 0 Å². The summed E-state index contributed by atoms with van der Waals surface area (Å²) in [5.41, 5.74) is 3.71. The Morgan fingerprint density at radius 2 is 1.88 bits per heavy atom. The first-order valence-corrected chi connectivity index (χ1v) is 11.6. The van der Waals surface area contributed by atoms with E-state index in [0.29, 0.717) is 11.5 Å². The molecule has 0 spiro atoms. The van der Waals surface area contributed by atoms with Crippen LogP contribution < -0.4 is 4.90 Å². The van der Waals surface area contributed by atoms with Crippen molar-refractivity contribution in [3.8, 4) is 11.3 Å². The van der Waals surface area contributed by atoms with E-state index in [1.54, 1.807) is 27.9 Å². The number of nitrogens with zero attached hydrogens (tertiary/aromatic N) is 5. The lowest BCUT2D eigenvalue weighted by Crippen LogP contribution is -2.37. The molecule has 0 N–H and O–H groups in total. The van der Waals surface area contributed by atoms with Crippen molar-refractivity contribution in [3.63, 3.8) is 0 Å². The van der Waals surface area contributed by atoms with Crippen LogP contribution in [0.4, 0.5) is 10.6 Å². The molecule has 0 aliphatic carbocycles. The number of fused-ring (bicyclic) bond motifs is 1. The number of carbonyl (C=O) groups excluding carboxylic acids is 1. The lowest BCUT2D eigenvalue weighted by Gasteiger charge is -2.28. The molecule has 3 aromatic heterocycles. The van der Waals surface area contributed by atoms with E-state index in [4.69, 9.17) is 16.3 Å². The molecule has 0 aliphatic heterocycles. The van der Waals surface area contributed by atoms with Crippen LogP contribution in [0.2, 0.25) is 5.15 Å². The molecular weight excluding hydrogens is 450 g/mol. The summed E-state index contributed by atoms with van der Waals surface area (Å²) in [4.78, 5) is 23.7. The fraction of sp³-hybridized carbons (Fsp3) is 0.308. The minimum atomic E-state index is -0.665. The van der Waals surface area contributed by atoms with Crippen molar-refractivity contribution in [3.05, 3.63) is 77.2 Å². The quantitative estimate of drug-likeness (QED) is 0.306. The number of aromatic nitrogens is 4. The van der Waals surface area contributed by atoms with Crippen LogP contribution in [0.5, 0.6) is 0 Å². The zero-order valence-corrected chi connectivity index (χ0v) is 20.7. The second-order valence-electron chi connectivity index (χ2n) is 9.41. The number of carbonyl (C=O) groups is 1. The van der Waals surface area contributed by atoms with Crippen LogP contribution in [-0.2, 0) is 11.3 Å². The Hall–Kier alpha value is -3.45. The van der Waals surface area contributed by atoms with Crippen LogP contribution in [0.15, 0.2) is 60.9 Å². The first-order valence-electron chi connectivity index (χ1n) is 11.2. The van der Waals surface area contributed by atoms with Crippen LogP contribution >= 0.6 is 11.6 Å². The number of ether oxygens (including phenoxy) is 1. The Balaban J connectivity index is 1.75. The van der Waals surface area contributed by atoms with Crippen molar-refractivity contribution in [1.29, 1.82) is 0 Å². The molecule has 7 nitrogen and oxygen atoms in total. The van der Waals surface area contributed by atoms with Crippen molar-refractivity contribution in [2.75, 3.05) is 4.90 Å². The molecule has 0 saturated carbocycles. The van der Waals surface area contributed by atoms with Gasteiger partial charge in [-0.1, -0.05) is 55.8 Å². The van der Waals surface area contributed by atoms with E-state index in [1.807, 2.05) is 63.2 Å². The van der Waals surface area contributed by atoms with Gasteiger partial charge in [0.2, 0.25) is 0 Å². The van der Waals surface area contributed by atoms with E-state index < -0.39 is 11.7 Å². The van der Waals surface area contributed by atoms with Crippen molar-refractivity contribution in [2.45, 2.75) is 52.7 Å². The summed E-state index contributed by atoms with van der Waals surface area (Å²) in [6.45, 7) is 9.91. The summed E-state index contributed by atoms with van der Waals surface area (Å²) >= 11 is 6.39. The van der Waals surface area contributed by atoms with Gasteiger partial charge in [0.25, 0.3) is 0 Å². The predicted molar refractivity (Wildman–Crippen MR) is 134 cm³/mol. The molecule has 176 valence electrons. The van der Waals surface area contributed by atoms with E-state index >= 15 is 0 Å². The summed E-state index contributed by atoms with van der Waals surface area (Å²) in [5.74, 6) is 0.690. The van der Waals surface area contributed by atoms with E-state index in [0.717, 1.165) is 22.4 Å². The van der Waals surface area contributed by atoms with Gasteiger partial charge in [0, 0.05) is 23.4 Å². The third-order valence-corrected chi connectivity index (χ3v) is 5.41. The molecule has 0 atom stereocenters.